The third-order valence-corrected chi connectivity index (χ3v) is 5.39. The Labute approximate surface area is 192 Å². The number of aromatic nitrogens is 2. The number of hydrogen-bond donors (Lipinski definition) is 2. The predicted octanol–water partition coefficient (Wildman–Crippen LogP) is 2.80. The maximum atomic E-state index is 13.4. The molecule has 3 aromatic rings. The summed E-state index contributed by atoms with van der Waals surface area (Å²) in [6.45, 7) is 4.55. The maximum Gasteiger partial charge on any atom is 0.330 e. The molecular formula is C25H30N4O4. The Kier molecular flexibility index (Phi) is 7.71. The lowest BCUT2D eigenvalue weighted by atomic mass is 10.1. The van der Waals surface area contributed by atoms with Crippen LogP contribution in [0.3, 0.4) is 0 Å². The van der Waals surface area contributed by atoms with Crippen molar-refractivity contribution in [3.05, 3.63) is 86.6 Å². The Morgan fingerprint density at radius 1 is 1.09 bits per heavy atom. The third kappa shape index (κ3) is 5.91. The van der Waals surface area contributed by atoms with E-state index in [9.17, 15) is 14.4 Å². The van der Waals surface area contributed by atoms with E-state index >= 15 is 0 Å². The highest BCUT2D eigenvalue weighted by molar-refractivity contribution is 5.96. The molecule has 0 atom stereocenters. The molecule has 8 nitrogen and oxygen atoms in total. The molecule has 0 fully saturated rings. The second kappa shape index (κ2) is 10.7. The second-order valence-corrected chi connectivity index (χ2v) is 8.32. The Morgan fingerprint density at radius 3 is 2.45 bits per heavy atom. The van der Waals surface area contributed by atoms with Gasteiger partial charge in [0.15, 0.2) is 5.69 Å². The molecule has 3 N–H and O–H groups in total. The van der Waals surface area contributed by atoms with Gasteiger partial charge in [0.2, 0.25) is 5.91 Å². The van der Waals surface area contributed by atoms with Crippen LogP contribution in [0.5, 0.6) is 5.75 Å². The molecule has 0 aliphatic carbocycles. The van der Waals surface area contributed by atoms with Gasteiger partial charge in [-0.15, -0.1) is 0 Å². The Hall–Kier alpha value is -3.81. The molecule has 3 rings (SSSR count). The summed E-state index contributed by atoms with van der Waals surface area (Å²) in [5.41, 5.74) is 6.65. The lowest BCUT2D eigenvalue weighted by Gasteiger charge is -2.25. The van der Waals surface area contributed by atoms with Gasteiger partial charge in [-0.3, -0.25) is 19.1 Å². The minimum Gasteiger partial charge on any atom is -0.497 e. The molecule has 174 valence electrons. The van der Waals surface area contributed by atoms with Crippen LogP contribution in [0.15, 0.2) is 64.2 Å². The third-order valence-electron chi connectivity index (χ3n) is 5.39. The molecule has 0 aliphatic heterocycles. The van der Waals surface area contributed by atoms with Crippen molar-refractivity contribution >= 4 is 17.4 Å². The molecule has 0 unspecified atom stereocenters. The summed E-state index contributed by atoms with van der Waals surface area (Å²) >= 11 is 0. The Balaban J connectivity index is 2.02. The molecule has 0 bridgehead atoms. The molecule has 1 amide bonds. The van der Waals surface area contributed by atoms with Crippen LogP contribution in [0.25, 0.3) is 0 Å². The van der Waals surface area contributed by atoms with E-state index in [0.29, 0.717) is 24.6 Å². The summed E-state index contributed by atoms with van der Waals surface area (Å²) < 4.78 is 6.53. The standard InChI is InChI=1S/C25H30N4O4/c1-17(2)12-13-28(21(30)15-19-10-7-11-20(14-19)33-3)22-23(26)29(25(32)27-24(22)31)16-18-8-5-4-6-9-18/h4-11,14,17H,12-13,15-16,26H2,1-3H3,(H,27,31,32). The zero-order chi connectivity index (χ0) is 24.0. The van der Waals surface area contributed by atoms with E-state index < -0.39 is 11.2 Å². The molecule has 8 heteroatoms. The zero-order valence-corrected chi connectivity index (χ0v) is 19.2. The monoisotopic (exact) mass is 450 g/mol. The van der Waals surface area contributed by atoms with Crippen molar-refractivity contribution in [2.75, 3.05) is 24.3 Å². The van der Waals surface area contributed by atoms with Crippen LogP contribution < -0.4 is 26.6 Å². The van der Waals surface area contributed by atoms with Crippen LogP contribution in [-0.4, -0.2) is 29.1 Å². The van der Waals surface area contributed by atoms with E-state index in [1.165, 1.54) is 9.47 Å². The number of nitrogens with two attached hydrogens (primary N) is 1. The summed E-state index contributed by atoms with van der Waals surface area (Å²) in [6.07, 6.45) is 0.729. The average Bonchev–Trinajstić information content (AvgIpc) is 2.79. The number of nitrogens with zero attached hydrogens (tertiary/aromatic N) is 2. The van der Waals surface area contributed by atoms with Gasteiger partial charge in [0, 0.05) is 6.54 Å². The van der Waals surface area contributed by atoms with Crippen LogP contribution >= 0.6 is 0 Å². The zero-order valence-electron chi connectivity index (χ0n) is 19.2. The Bertz CT molecular complexity index is 1220. The average molecular weight is 451 g/mol. The summed E-state index contributed by atoms with van der Waals surface area (Å²) in [6, 6.07) is 16.5. The number of ether oxygens (including phenoxy) is 1. The molecule has 1 aromatic heterocycles. The topological polar surface area (TPSA) is 110 Å². The molecule has 33 heavy (non-hydrogen) atoms. The highest BCUT2D eigenvalue weighted by atomic mass is 16.5. The maximum absolute atomic E-state index is 13.4. The van der Waals surface area contributed by atoms with E-state index in [4.69, 9.17) is 10.5 Å². The van der Waals surface area contributed by atoms with Crippen molar-refractivity contribution in [2.24, 2.45) is 5.92 Å². The number of benzene rings is 2. The van der Waals surface area contributed by atoms with Gasteiger partial charge in [0.1, 0.15) is 11.6 Å². The summed E-state index contributed by atoms with van der Waals surface area (Å²) in [5.74, 6) is 0.622. The Morgan fingerprint density at radius 2 is 1.79 bits per heavy atom. The van der Waals surface area contributed by atoms with E-state index in [1.807, 2.05) is 50.2 Å². The highest BCUT2D eigenvalue weighted by Crippen LogP contribution is 2.21. The number of nitrogen functional groups attached to an aromatic ring is 1. The van der Waals surface area contributed by atoms with Crippen LogP contribution in [0, 0.1) is 5.92 Å². The number of methoxy groups -OCH3 is 1. The molecule has 1 heterocycles. The number of amides is 1. The minimum atomic E-state index is -0.676. The molecular weight excluding hydrogens is 420 g/mol. The van der Waals surface area contributed by atoms with Crippen LogP contribution in [0.1, 0.15) is 31.4 Å². The molecule has 0 radical (unpaired) electrons. The normalized spacial score (nSPS) is 10.9. The number of H-pyrrole nitrogens is 1. The van der Waals surface area contributed by atoms with Gasteiger partial charge in [-0.25, -0.2) is 4.79 Å². The number of nitrogens with one attached hydrogen (secondary N) is 1. The fourth-order valence-corrected chi connectivity index (χ4v) is 3.56. The van der Waals surface area contributed by atoms with E-state index in [2.05, 4.69) is 4.98 Å². The lowest BCUT2D eigenvalue weighted by molar-refractivity contribution is -0.118. The summed E-state index contributed by atoms with van der Waals surface area (Å²) in [5, 5.41) is 0. The summed E-state index contributed by atoms with van der Waals surface area (Å²) in [4.78, 5) is 42.5. The van der Waals surface area contributed by atoms with Gasteiger partial charge < -0.3 is 15.4 Å². The van der Waals surface area contributed by atoms with Crippen molar-refractivity contribution in [1.82, 2.24) is 9.55 Å². The smallest absolute Gasteiger partial charge is 0.330 e. The largest absolute Gasteiger partial charge is 0.497 e. The minimum absolute atomic E-state index is 0.000854. The quantitative estimate of drug-likeness (QED) is 0.521. The molecule has 0 spiro atoms. The molecule has 0 aliphatic rings. The van der Waals surface area contributed by atoms with E-state index in [0.717, 1.165) is 11.1 Å². The highest BCUT2D eigenvalue weighted by Gasteiger charge is 2.24. The first-order chi connectivity index (χ1) is 15.8. The van der Waals surface area contributed by atoms with Crippen LogP contribution in [-0.2, 0) is 17.8 Å². The first-order valence-corrected chi connectivity index (χ1v) is 10.9. The number of aromatic amines is 1. The summed E-state index contributed by atoms with van der Waals surface area (Å²) in [7, 11) is 1.56. The van der Waals surface area contributed by atoms with Crippen molar-refractivity contribution in [2.45, 2.75) is 33.2 Å². The number of anilines is 2. The first kappa shape index (κ1) is 23.8. The first-order valence-electron chi connectivity index (χ1n) is 10.9. The van der Waals surface area contributed by atoms with Gasteiger partial charge in [-0.2, -0.15) is 0 Å². The van der Waals surface area contributed by atoms with E-state index in [1.54, 1.807) is 25.3 Å². The van der Waals surface area contributed by atoms with Crippen molar-refractivity contribution < 1.29 is 9.53 Å². The van der Waals surface area contributed by atoms with Crippen molar-refractivity contribution in [1.29, 1.82) is 0 Å². The van der Waals surface area contributed by atoms with Gasteiger partial charge >= 0.3 is 5.69 Å². The number of carbonyl (C=O) groups excluding carboxylic acids is 1. The fourth-order valence-electron chi connectivity index (χ4n) is 3.56. The number of carbonyl (C=O) groups is 1. The SMILES string of the molecule is COc1cccc(CC(=O)N(CCC(C)C)c2c(N)n(Cc3ccccc3)c(=O)[nH]c2=O)c1. The predicted molar refractivity (Wildman–Crippen MR) is 130 cm³/mol. The molecule has 2 aromatic carbocycles. The molecule has 0 saturated heterocycles. The number of rotatable bonds is 9. The van der Waals surface area contributed by atoms with Crippen molar-refractivity contribution in [3.63, 3.8) is 0 Å². The van der Waals surface area contributed by atoms with Gasteiger partial charge in [0.25, 0.3) is 5.56 Å². The lowest BCUT2D eigenvalue weighted by Crippen LogP contribution is -2.42. The second-order valence-electron chi connectivity index (χ2n) is 8.32. The van der Waals surface area contributed by atoms with Gasteiger partial charge in [-0.1, -0.05) is 56.3 Å². The van der Waals surface area contributed by atoms with Gasteiger partial charge in [-0.05, 0) is 35.6 Å². The molecule has 0 saturated carbocycles. The van der Waals surface area contributed by atoms with Crippen molar-refractivity contribution in [3.8, 4) is 5.75 Å². The van der Waals surface area contributed by atoms with E-state index in [-0.39, 0.29) is 30.4 Å². The van der Waals surface area contributed by atoms with Gasteiger partial charge in [0.05, 0.1) is 20.1 Å². The number of hydrogen-bond acceptors (Lipinski definition) is 5. The fraction of sp³-hybridized carbons (Fsp3) is 0.320. The van der Waals surface area contributed by atoms with Crippen LogP contribution in [0.2, 0.25) is 0 Å². The van der Waals surface area contributed by atoms with Crippen LogP contribution in [0.4, 0.5) is 11.5 Å².